The third kappa shape index (κ3) is 5.74. The van der Waals surface area contributed by atoms with Gasteiger partial charge in [-0.1, -0.05) is 30.3 Å². The van der Waals surface area contributed by atoms with Crippen LogP contribution in [-0.4, -0.2) is 42.7 Å². The Balaban J connectivity index is 1.30. The Hall–Kier alpha value is -2.87. The maximum atomic E-state index is 13.2. The number of hydrogen-bond acceptors (Lipinski definition) is 5. The number of alkyl halides is 3. The van der Waals surface area contributed by atoms with Gasteiger partial charge < -0.3 is 15.5 Å². The van der Waals surface area contributed by atoms with E-state index in [2.05, 4.69) is 15.6 Å². The van der Waals surface area contributed by atoms with Gasteiger partial charge in [0.15, 0.2) is 0 Å². The van der Waals surface area contributed by atoms with Crippen molar-refractivity contribution in [2.24, 2.45) is 0 Å². The minimum Gasteiger partial charge on any atom is -0.362 e. The molecular weight excluding hydrogens is 427 g/mol. The van der Waals surface area contributed by atoms with E-state index in [1.165, 1.54) is 6.07 Å². The molecule has 1 aromatic heterocycles. The molecule has 176 valence electrons. The zero-order valence-electron chi connectivity index (χ0n) is 19.0. The Morgan fingerprint density at radius 1 is 0.909 bits per heavy atom. The molecule has 0 spiro atoms. The zero-order chi connectivity index (χ0) is 23.4. The minimum atomic E-state index is -4.31. The molecule has 2 aromatic carbocycles. The Morgan fingerprint density at radius 3 is 2.30 bits per heavy atom. The van der Waals surface area contributed by atoms with Crippen molar-refractivity contribution >= 4 is 22.7 Å². The second kappa shape index (κ2) is 9.95. The van der Waals surface area contributed by atoms with E-state index >= 15 is 0 Å². The van der Waals surface area contributed by atoms with Crippen LogP contribution in [0.5, 0.6) is 0 Å². The Bertz CT molecular complexity index is 1080. The molecule has 1 fully saturated rings. The van der Waals surface area contributed by atoms with Crippen LogP contribution in [0.2, 0.25) is 0 Å². The molecule has 0 unspecified atom stereocenters. The van der Waals surface area contributed by atoms with Crippen LogP contribution in [0.15, 0.2) is 48.5 Å². The summed E-state index contributed by atoms with van der Waals surface area (Å²) in [5.74, 6) is 1.52. The van der Waals surface area contributed by atoms with Gasteiger partial charge in [0.05, 0.1) is 11.1 Å². The monoisotopic (exact) mass is 457 g/mol. The lowest BCUT2D eigenvalue weighted by Gasteiger charge is -2.30. The number of fused-ring (bicyclic) bond motifs is 1. The lowest BCUT2D eigenvalue weighted by molar-refractivity contribution is -0.138. The molecular formula is C25H30F3N5. The highest BCUT2D eigenvalue weighted by Gasteiger charge is 2.32. The summed E-state index contributed by atoms with van der Waals surface area (Å²) in [4.78, 5) is 11.4. The van der Waals surface area contributed by atoms with E-state index in [0.29, 0.717) is 30.5 Å². The molecule has 2 N–H and O–H groups in total. The van der Waals surface area contributed by atoms with E-state index in [0.717, 1.165) is 48.5 Å². The normalized spacial score (nSPS) is 18.9. The average Bonchev–Trinajstić information content (AvgIpc) is 2.79. The van der Waals surface area contributed by atoms with Gasteiger partial charge in [-0.25, -0.2) is 4.98 Å². The Morgan fingerprint density at radius 2 is 1.58 bits per heavy atom. The molecule has 1 aliphatic carbocycles. The van der Waals surface area contributed by atoms with Crippen LogP contribution in [0, 0.1) is 0 Å². The van der Waals surface area contributed by atoms with Gasteiger partial charge in [-0.05, 0) is 62.4 Å². The van der Waals surface area contributed by atoms with Crippen LogP contribution in [0.3, 0.4) is 0 Å². The second-order valence-corrected chi connectivity index (χ2v) is 8.83. The standard InChI is InChI=1S/C25H30F3N5/c1-33(2)23-20-8-4-6-10-22(20)31-24(32-23)30-19-13-11-18(12-14-19)29-16-15-17-7-3-5-9-21(17)25(26,27)28/h3-10,18-19,29H,11-16H2,1-2H3,(H,30,31,32). The number of nitrogens with zero attached hydrogens (tertiary/aromatic N) is 3. The number of nitrogens with one attached hydrogen (secondary N) is 2. The molecule has 1 saturated carbocycles. The molecule has 33 heavy (non-hydrogen) atoms. The summed E-state index contributed by atoms with van der Waals surface area (Å²) in [5, 5.41) is 7.96. The Labute approximate surface area is 192 Å². The van der Waals surface area contributed by atoms with Crippen molar-refractivity contribution in [3.8, 4) is 0 Å². The lowest BCUT2D eigenvalue weighted by Crippen LogP contribution is -2.38. The fraction of sp³-hybridized carbons (Fsp3) is 0.440. The molecule has 1 heterocycles. The first kappa shape index (κ1) is 23.3. The molecule has 5 nitrogen and oxygen atoms in total. The minimum absolute atomic E-state index is 0.283. The van der Waals surface area contributed by atoms with Gasteiger partial charge in [-0.15, -0.1) is 0 Å². The predicted molar refractivity (Wildman–Crippen MR) is 127 cm³/mol. The van der Waals surface area contributed by atoms with Crippen molar-refractivity contribution in [1.82, 2.24) is 15.3 Å². The van der Waals surface area contributed by atoms with Gasteiger partial charge >= 0.3 is 6.18 Å². The molecule has 0 aliphatic heterocycles. The summed E-state index contributed by atoms with van der Waals surface area (Å²) < 4.78 is 39.5. The summed E-state index contributed by atoms with van der Waals surface area (Å²) in [6.07, 6.45) is -0.0856. The molecule has 1 aliphatic rings. The molecule has 0 bridgehead atoms. The van der Waals surface area contributed by atoms with Crippen molar-refractivity contribution in [3.63, 3.8) is 0 Å². The SMILES string of the molecule is CN(C)c1nc(NC2CCC(NCCc3ccccc3C(F)(F)F)CC2)nc2ccccc12. The van der Waals surface area contributed by atoms with Crippen LogP contribution in [0.1, 0.15) is 36.8 Å². The van der Waals surface area contributed by atoms with Crippen LogP contribution >= 0.6 is 0 Å². The third-order valence-corrected chi connectivity index (χ3v) is 6.22. The molecule has 8 heteroatoms. The highest BCUT2D eigenvalue weighted by atomic mass is 19.4. The van der Waals surface area contributed by atoms with Crippen LogP contribution in [0.4, 0.5) is 24.9 Å². The first-order valence-electron chi connectivity index (χ1n) is 11.4. The van der Waals surface area contributed by atoms with Crippen molar-refractivity contribution in [2.45, 2.75) is 50.4 Å². The van der Waals surface area contributed by atoms with Crippen molar-refractivity contribution in [1.29, 1.82) is 0 Å². The summed E-state index contributed by atoms with van der Waals surface area (Å²) in [7, 11) is 3.95. The molecule has 0 radical (unpaired) electrons. The van der Waals surface area contributed by atoms with Gasteiger partial charge in [0.25, 0.3) is 0 Å². The fourth-order valence-corrected chi connectivity index (χ4v) is 4.52. The van der Waals surface area contributed by atoms with Gasteiger partial charge in [0.1, 0.15) is 5.82 Å². The van der Waals surface area contributed by atoms with Crippen LogP contribution < -0.4 is 15.5 Å². The van der Waals surface area contributed by atoms with E-state index in [-0.39, 0.29) is 6.04 Å². The van der Waals surface area contributed by atoms with E-state index < -0.39 is 11.7 Å². The fourth-order valence-electron chi connectivity index (χ4n) is 4.52. The van der Waals surface area contributed by atoms with Gasteiger partial charge in [-0.3, -0.25) is 0 Å². The molecule has 0 amide bonds. The average molecular weight is 458 g/mol. The van der Waals surface area contributed by atoms with Crippen LogP contribution in [-0.2, 0) is 12.6 Å². The zero-order valence-corrected chi connectivity index (χ0v) is 19.0. The second-order valence-electron chi connectivity index (χ2n) is 8.83. The number of rotatable bonds is 7. The van der Waals surface area contributed by atoms with Crippen LogP contribution in [0.25, 0.3) is 10.9 Å². The smallest absolute Gasteiger partial charge is 0.362 e. The van der Waals surface area contributed by atoms with Crippen molar-refractivity contribution < 1.29 is 13.2 Å². The first-order chi connectivity index (χ1) is 15.8. The molecule has 0 saturated heterocycles. The quantitative estimate of drug-likeness (QED) is 0.506. The highest BCUT2D eigenvalue weighted by molar-refractivity contribution is 5.90. The topological polar surface area (TPSA) is 53.1 Å². The first-order valence-corrected chi connectivity index (χ1v) is 11.4. The number of hydrogen-bond donors (Lipinski definition) is 2. The molecule has 0 atom stereocenters. The largest absolute Gasteiger partial charge is 0.416 e. The van der Waals surface area contributed by atoms with Crippen molar-refractivity contribution in [3.05, 3.63) is 59.7 Å². The third-order valence-electron chi connectivity index (χ3n) is 6.22. The summed E-state index contributed by atoms with van der Waals surface area (Å²) >= 11 is 0. The maximum Gasteiger partial charge on any atom is 0.416 e. The number of anilines is 2. The highest BCUT2D eigenvalue weighted by Crippen LogP contribution is 2.32. The van der Waals surface area contributed by atoms with E-state index in [1.807, 2.05) is 43.3 Å². The Kier molecular flexibility index (Phi) is 7.02. The molecule has 3 aromatic rings. The number of para-hydroxylation sites is 1. The lowest BCUT2D eigenvalue weighted by atomic mass is 9.91. The van der Waals surface area contributed by atoms with Gasteiger partial charge in [-0.2, -0.15) is 18.2 Å². The summed E-state index contributed by atoms with van der Waals surface area (Å²) in [6.45, 7) is 0.538. The molecule has 4 rings (SSSR count). The van der Waals surface area contributed by atoms with Crippen molar-refractivity contribution in [2.75, 3.05) is 30.9 Å². The summed E-state index contributed by atoms with van der Waals surface area (Å²) in [5.41, 5.74) is 0.721. The van der Waals surface area contributed by atoms with E-state index in [9.17, 15) is 13.2 Å². The maximum absolute atomic E-state index is 13.2. The van der Waals surface area contributed by atoms with Gasteiger partial charge in [0, 0.05) is 31.6 Å². The number of aromatic nitrogens is 2. The van der Waals surface area contributed by atoms with E-state index in [1.54, 1.807) is 12.1 Å². The number of benzene rings is 2. The predicted octanol–water partition coefficient (Wildman–Crippen LogP) is 5.27. The summed E-state index contributed by atoms with van der Waals surface area (Å²) in [6, 6.07) is 14.4. The number of halogens is 3. The van der Waals surface area contributed by atoms with E-state index in [4.69, 9.17) is 4.98 Å². The van der Waals surface area contributed by atoms with Gasteiger partial charge in [0.2, 0.25) is 5.95 Å².